The maximum absolute atomic E-state index is 4.52. The number of nitrogens with zero attached hydrogens (tertiary/aromatic N) is 1. The number of fused-ring (bicyclic) bond motifs is 1. The molecule has 3 aromatic rings. The lowest BCUT2D eigenvalue weighted by Gasteiger charge is -2.08. The van der Waals surface area contributed by atoms with Gasteiger partial charge in [-0.15, -0.1) is 0 Å². The Labute approximate surface area is 131 Å². The van der Waals surface area contributed by atoms with Crippen molar-refractivity contribution in [1.29, 1.82) is 0 Å². The molecule has 0 bridgehead atoms. The molecule has 0 saturated carbocycles. The van der Waals surface area contributed by atoms with E-state index in [1.807, 2.05) is 50.4 Å². The van der Waals surface area contributed by atoms with Gasteiger partial charge >= 0.3 is 0 Å². The third-order valence-electron chi connectivity index (χ3n) is 3.20. The van der Waals surface area contributed by atoms with Gasteiger partial charge in [0.15, 0.2) is 0 Å². The van der Waals surface area contributed by atoms with Crippen molar-refractivity contribution in [2.24, 2.45) is 0 Å². The zero-order valence-corrected chi connectivity index (χ0v) is 13.1. The van der Waals surface area contributed by atoms with Crippen LogP contribution in [0, 0.1) is 0 Å². The largest absolute Gasteiger partial charge is 0.361 e. The molecule has 0 atom stereocenters. The molecule has 2 N–H and O–H groups in total. The second-order valence-electron chi connectivity index (χ2n) is 4.48. The quantitative estimate of drug-likeness (QED) is 0.655. The predicted octanol–water partition coefficient (Wildman–Crippen LogP) is 5.62. The monoisotopic (exact) mass is 291 g/mol. The van der Waals surface area contributed by atoms with E-state index in [-0.39, 0.29) is 0 Å². The Balaban J connectivity index is 0.000000847. The van der Waals surface area contributed by atoms with Crippen LogP contribution >= 0.6 is 0 Å². The van der Waals surface area contributed by atoms with E-state index in [9.17, 15) is 0 Å². The fourth-order valence-corrected chi connectivity index (χ4v) is 2.17. The molecule has 0 aliphatic rings. The van der Waals surface area contributed by atoms with E-state index in [0.29, 0.717) is 0 Å². The molecule has 0 aliphatic carbocycles. The number of pyridine rings is 1. The number of anilines is 2. The second-order valence-corrected chi connectivity index (χ2v) is 4.48. The Morgan fingerprint density at radius 3 is 2.59 bits per heavy atom. The van der Waals surface area contributed by atoms with Crippen LogP contribution in [0.2, 0.25) is 0 Å². The summed E-state index contributed by atoms with van der Waals surface area (Å²) in [5.41, 5.74) is 3.93. The van der Waals surface area contributed by atoms with Crippen molar-refractivity contribution in [2.45, 2.75) is 13.8 Å². The van der Waals surface area contributed by atoms with Crippen molar-refractivity contribution in [3.63, 3.8) is 0 Å². The number of rotatable bonds is 4. The van der Waals surface area contributed by atoms with Gasteiger partial charge in [-0.2, -0.15) is 0 Å². The van der Waals surface area contributed by atoms with Crippen LogP contribution in [0.15, 0.2) is 55.8 Å². The SMILES string of the molecule is C=Cc1ccc(Nc2ccc3[nH]ccc3c2)nc1C=C.CC. The normalized spacial score (nSPS) is 9.73. The molecule has 3 rings (SSSR count). The maximum atomic E-state index is 4.52. The van der Waals surface area contributed by atoms with E-state index < -0.39 is 0 Å². The van der Waals surface area contributed by atoms with Crippen molar-refractivity contribution < 1.29 is 0 Å². The lowest BCUT2D eigenvalue weighted by Crippen LogP contribution is -1.96. The Morgan fingerprint density at radius 1 is 1.05 bits per heavy atom. The number of hydrogen-bond donors (Lipinski definition) is 2. The summed E-state index contributed by atoms with van der Waals surface area (Å²) in [5, 5.41) is 4.47. The summed E-state index contributed by atoms with van der Waals surface area (Å²) in [4.78, 5) is 7.69. The van der Waals surface area contributed by atoms with E-state index >= 15 is 0 Å². The van der Waals surface area contributed by atoms with Gasteiger partial charge in [-0.05, 0) is 48.0 Å². The third-order valence-corrected chi connectivity index (χ3v) is 3.20. The van der Waals surface area contributed by atoms with Crippen molar-refractivity contribution in [3.05, 3.63) is 67.0 Å². The van der Waals surface area contributed by atoms with Crippen LogP contribution in [0.3, 0.4) is 0 Å². The molecule has 0 spiro atoms. The fourth-order valence-electron chi connectivity index (χ4n) is 2.17. The fraction of sp³-hybridized carbons (Fsp3) is 0.105. The van der Waals surface area contributed by atoms with Crippen LogP contribution < -0.4 is 5.32 Å². The molecule has 1 aromatic carbocycles. The van der Waals surface area contributed by atoms with Crippen LogP contribution in [-0.4, -0.2) is 9.97 Å². The first-order chi connectivity index (χ1) is 10.8. The summed E-state index contributed by atoms with van der Waals surface area (Å²) in [5.74, 6) is 0.792. The Morgan fingerprint density at radius 2 is 1.86 bits per heavy atom. The summed E-state index contributed by atoms with van der Waals surface area (Å²) in [6, 6.07) is 12.1. The van der Waals surface area contributed by atoms with Crippen LogP contribution in [-0.2, 0) is 0 Å². The minimum atomic E-state index is 0.792. The van der Waals surface area contributed by atoms with Crippen molar-refractivity contribution in [3.8, 4) is 0 Å². The van der Waals surface area contributed by atoms with Crippen LogP contribution in [0.25, 0.3) is 23.1 Å². The highest BCUT2D eigenvalue weighted by atomic mass is 15.0. The Kier molecular flexibility index (Phi) is 5.15. The van der Waals surface area contributed by atoms with Gasteiger partial charge in [0.05, 0.1) is 5.69 Å². The molecule has 2 aromatic heterocycles. The van der Waals surface area contributed by atoms with E-state index in [1.165, 1.54) is 5.39 Å². The standard InChI is InChI=1S/C17H15N3.C2H6/c1-3-12-5-8-17(20-15(12)4-2)19-14-6-7-16-13(11-14)9-10-18-16;1-2/h3-11,18H,1-2H2,(H,19,20);1-2H3. The molecular weight excluding hydrogens is 270 g/mol. The second kappa shape index (κ2) is 7.27. The third kappa shape index (κ3) is 3.26. The van der Waals surface area contributed by atoms with Crippen LogP contribution in [0.5, 0.6) is 0 Å². The molecule has 2 heterocycles. The van der Waals surface area contributed by atoms with E-state index in [2.05, 4.69) is 34.5 Å². The van der Waals surface area contributed by atoms with Crippen molar-refractivity contribution >= 4 is 34.6 Å². The summed E-state index contributed by atoms with van der Waals surface area (Å²) < 4.78 is 0. The molecule has 112 valence electrons. The van der Waals surface area contributed by atoms with E-state index in [4.69, 9.17) is 0 Å². The molecule has 3 nitrogen and oxygen atoms in total. The van der Waals surface area contributed by atoms with Gasteiger partial charge in [0.25, 0.3) is 0 Å². The molecule has 0 amide bonds. The first-order valence-corrected chi connectivity index (χ1v) is 7.40. The van der Waals surface area contributed by atoms with Crippen molar-refractivity contribution in [2.75, 3.05) is 5.32 Å². The number of nitrogens with one attached hydrogen (secondary N) is 2. The smallest absolute Gasteiger partial charge is 0.131 e. The van der Waals surface area contributed by atoms with Gasteiger partial charge in [0, 0.05) is 22.8 Å². The first-order valence-electron chi connectivity index (χ1n) is 7.40. The zero-order valence-electron chi connectivity index (χ0n) is 13.1. The minimum absolute atomic E-state index is 0.792. The molecule has 0 fully saturated rings. The molecule has 0 radical (unpaired) electrons. The van der Waals surface area contributed by atoms with E-state index in [0.717, 1.165) is 28.3 Å². The Hall–Kier alpha value is -2.81. The van der Waals surface area contributed by atoms with Crippen LogP contribution in [0.1, 0.15) is 25.1 Å². The Bertz CT molecular complexity index is 784. The summed E-state index contributed by atoms with van der Waals surface area (Å²) in [7, 11) is 0. The van der Waals surface area contributed by atoms with Crippen molar-refractivity contribution in [1.82, 2.24) is 9.97 Å². The van der Waals surface area contributed by atoms with Gasteiger partial charge in [0.2, 0.25) is 0 Å². The number of aromatic amines is 1. The molecule has 0 unspecified atom stereocenters. The van der Waals surface area contributed by atoms with Gasteiger partial charge in [-0.1, -0.05) is 33.1 Å². The molecule has 0 saturated heterocycles. The highest BCUT2D eigenvalue weighted by Gasteiger charge is 2.02. The zero-order chi connectivity index (χ0) is 15.9. The summed E-state index contributed by atoms with van der Waals surface area (Å²) in [6.07, 6.45) is 5.44. The average molecular weight is 291 g/mol. The number of aromatic nitrogens is 2. The highest BCUT2D eigenvalue weighted by molar-refractivity contribution is 5.83. The van der Waals surface area contributed by atoms with Gasteiger partial charge in [-0.3, -0.25) is 0 Å². The number of benzene rings is 1. The topological polar surface area (TPSA) is 40.7 Å². The number of hydrogen-bond acceptors (Lipinski definition) is 2. The van der Waals surface area contributed by atoms with Gasteiger partial charge < -0.3 is 10.3 Å². The van der Waals surface area contributed by atoms with Gasteiger partial charge in [-0.25, -0.2) is 4.98 Å². The van der Waals surface area contributed by atoms with E-state index in [1.54, 1.807) is 12.2 Å². The highest BCUT2D eigenvalue weighted by Crippen LogP contribution is 2.22. The average Bonchev–Trinajstić information content (AvgIpc) is 3.04. The molecule has 3 heteroatoms. The molecule has 22 heavy (non-hydrogen) atoms. The summed E-state index contributed by atoms with van der Waals surface area (Å²) >= 11 is 0. The number of H-pyrrole nitrogens is 1. The maximum Gasteiger partial charge on any atom is 0.131 e. The summed E-state index contributed by atoms with van der Waals surface area (Å²) in [6.45, 7) is 11.5. The predicted molar refractivity (Wildman–Crippen MR) is 97.3 cm³/mol. The lowest BCUT2D eigenvalue weighted by molar-refractivity contribution is 1.27. The lowest BCUT2D eigenvalue weighted by atomic mass is 10.2. The molecule has 0 aliphatic heterocycles. The van der Waals surface area contributed by atoms with Crippen LogP contribution in [0.4, 0.5) is 11.5 Å². The molecular formula is C19H21N3. The minimum Gasteiger partial charge on any atom is -0.361 e. The first kappa shape index (κ1) is 15.6. The van der Waals surface area contributed by atoms with Gasteiger partial charge in [0.1, 0.15) is 5.82 Å².